The molecule has 0 spiro atoms. The third-order valence-electron chi connectivity index (χ3n) is 3.88. The topological polar surface area (TPSA) is 84.0 Å². The number of anilines is 1. The maximum absolute atomic E-state index is 12.9. The molecule has 0 fully saturated rings. The van der Waals surface area contributed by atoms with Crippen molar-refractivity contribution in [1.29, 1.82) is 0 Å². The summed E-state index contributed by atoms with van der Waals surface area (Å²) in [6, 6.07) is 6.21. The van der Waals surface area contributed by atoms with Gasteiger partial charge in [-0.25, -0.2) is 18.7 Å². The van der Waals surface area contributed by atoms with Crippen LogP contribution in [0, 0.1) is 6.92 Å². The smallest absolute Gasteiger partial charge is 0.254 e. The van der Waals surface area contributed by atoms with Crippen LogP contribution in [-0.4, -0.2) is 33.5 Å². The summed E-state index contributed by atoms with van der Waals surface area (Å²) in [4.78, 5) is 32.6. The van der Waals surface area contributed by atoms with E-state index in [9.17, 15) is 18.4 Å². The fourth-order valence-corrected chi connectivity index (χ4v) is 3.08. The van der Waals surface area contributed by atoms with Crippen molar-refractivity contribution in [3.05, 3.63) is 47.3 Å². The lowest BCUT2D eigenvalue weighted by Crippen LogP contribution is -2.27. The Morgan fingerprint density at radius 1 is 1.28 bits per heavy atom. The first-order chi connectivity index (χ1) is 13.6. The van der Waals surface area contributed by atoms with E-state index in [1.54, 1.807) is 45.2 Å². The van der Waals surface area contributed by atoms with Gasteiger partial charge in [0.1, 0.15) is 5.82 Å². The van der Waals surface area contributed by atoms with Gasteiger partial charge in [-0.1, -0.05) is 13.0 Å². The highest BCUT2D eigenvalue weighted by Crippen LogP contribution is 2.25. The standard InChI is InChI=1S/C20H24F2N4O2S/c1-5-17(27)26-16-9-15(8-12(2)24-16)19(28)25-13(3)14-6-7-18(23-10-14)29-11-20(4,21)22/h6-10,13H,5,11H2,1-4H3,(H,25,28)(H,24,26,27). The SMILES string of the molecule is CCC(=O)Nc1cc(C(=O)NC(C)c2ccc(SCC(C)(F)F)nc2)cc(C)n1. The van der Waals surface area contributed by atoms with E-state index in [2.05, 4.69) is 20.6 Å². The number of aryl methyl sites for hydroxylation is 1. The second-order valence-corrected chi connectivity index (χ2v) is 7.76. The molecule has 0 aromatic carbocycles. The summed E-state index contributed by atoms with van der Waals surface area (Å²) in [5.41, 5.74) is 1.73. The number of halogens is 2. The monoisotopic (exact) mass is 422 g/mol. The molecule has 0 saturated heterocycles. The lowest BCUT2D eigenvalue weighted by molar-refractivity contribution is -0.115. The first-order valence-corrected chi connectivity index (χ1v) is 10.1. The van der Waals surface area contributed by atoms with Gasteiger partial charge in [-0.15, -0.1) is 11.8 Å². The quantitative estimate of drug-likeness (QED) is 0.617. The first kappa shape index (κ1) is 22.7. The minimum absolute atomic E-state index is 0.187. The molecule has 2 aromatic heterocycles. The third-order valence-corrected chi connectivity index (χ3v) is 5.07. The summed E-state index contributed by atoms with van der Waals surface area (Å²) < 4.78 is 25.9. The van der Waals surface area contributed by atoms with Crippen LogP contribution in [-0.2, 0) is 4.79 Å². The van der Waals surface area contributed by atoms with Gasteiger partial charge in [-0.3, -0.25) is 9.59 Å². The van der Waals surface area contributed by atoms with Crippen LogP contribution in [0.4, 0.5) is 14.6 Å². The minimum atomic E-state index is -2.76. The predicted molar refractivity (Wildman–Crippen MR) is 109 cm³/mol. The van der Waals surface area contributed by atoms with Crippen LogP contribution < -0.4 is 10.6 Å². The first-order valence-electron chi connectivity index (χ1n) is 9.13. The van der Waals surface area contributed by atoms with Gasteiger partial charge < -0.3 is 10.6 Å². The van der Waals surface area contributed by atoms with E-state index in [1.807, 2.05) is 0 Å². The van der Waals surface area contributed by atoms with Gasteiger partial charge in [0.2, 0.25) is 5.91 Å². The molecule has 0 radical (unpaired) electrons. The van der Waals surface area contributed by atoms with Crippen LogP contribution in [0.5, 0.6) is 0 Å². The van der Waals surface area contributed by atoms with Crippen LogP contribution >= 0.6 is 11.8 Å². The molecule has 6 nitrogen and oxygen atoms in total. The average molecular weight is 423 g/mol. The summed E-state index contributed by atoms with van der Waals surface area (Å²) in [6.07, 6.45) is 1.87. The predicted octanol–water partition coefficient (Wildman–Crippen LogP) is 4.37. The van der Waals surface area contributed by atoms with Crippen molar-refractivity contribution in [3.8, 4) is 0 Å². The average Bonchev–Trinajstić information content (AvgIpc) is 2.65. The number of thioether (sulfide) groups is 1. The normalized spacial score (nSPS) is 12.3. The minimum Gasteiger partial charge on any atom is -0.345 e. The number of carbonyl (C=O) groups excluding carboxylic acids is 2. The number of nitrogens with one attached hydrogen (secondary N) is 2. The molecule has 0 aliphatic rings. The molecule has 2 aromatic rings. The summed E-state index contributed by atoms with van der Waals surface area (Å²) in [7, 11) is 0. The third kappa shape index (κ3) is 7.41. The second kappa shape index (κ2) is 9.78. The summed E-state index contributed by atoms with van der Waals surface area (Å²) in [5, 5.41) is 6.00. The fourth-order valence-electron chi connectivity index (χ4n) is 2.39. The highest BCUT2D eigenvalue weighted by molar-refractivity contribution is 7.99. The Labute approximate surface area is 172 Å². The lowest BCUT2D eigenvalue weighted by Gasteiger charge is -2.15. The van der Waals surface area contributed by atoms with Gasteiger partial charge >= 0.3 is 0 Å². The number of carbonyl (C=O) groups is 2. The zero-order valence-electron chi connectivity index (χ0n) is 16.8. The van der Waals surface area contributed by atoms with Crippen molar-refractivity contribution in [2.24, 2.45) is 0 Å². The highest BCUT2D eigenvalue weighted by Gasteiger charge is 2.21. The molecule has 156 valence electrons. The van der Waals surface area contributed by atoms with E-state index in [0.29, 0.717) is 28.5 Å². The number of hydrogen-bond acceptors (Lipinski definition) is 5. The zero-order valence-corrected chi connectivity index (χ0v) is 17.6. The van der Waals surface area contributed by atoms with Crippen LogP contribution in [0.2, 0.25) is 0 Å². The maximum atomic E-state index is 12.9. The molecular formula is C20H24F2N4O2S. The summed E-state index contributed by atoms with van der Waals surface area (Å²) >= 11 is 0.978. The molecule has 2 amide bonds. The van der Waals surface area contributed by atoms with E-state index < -0.39 is 5.92 Å². The molecule has 0 aliphatic carbocycles. The van der Waals surface area contributed by atoms with E-state index in [-0.39, 0.29) is 23.6 Å². The van der Waals surface area contributed by atoms with Gasteiger partial charge in [-0.2, -0.15) is 0 Å². The number of aromatic nitrogens is 2. The number of nitrogens with zero attached hydrogens (tertiary/aromatic N) is 2. The molecule has 1 atom stereocenters. The Kier molecular flexibility index (Phi) is 7.66. The Morgan fingerprint density at radius 3 is 2.59 bits per heavy atom. The van der Waals surface area contributed by atoms with Gasteiger partial charge in [0.05, 0.1) is 16.8 Å². The second-order valence-electron chi connectivity index (χ2n) is 6.77. The molecule has 2 rings (SSSR count). The van der Waals surface area contributed by atoms with Gasteiger partial charge in [-0.05, 0) is 37.6 Å². The largest absolute Gasteiger partial charge is 0.345 e. The van der Waals surface area contributed by atoms with Crippen LogP contribution in [0.1, 0.15) is 54.8 Å². The van der Waals surface area contributed by atoms with Gasteiger partial charge in [0.25, 0.3) is 11.8 Å². The molecule has 0 saturated carbocycles. The summed E-state index contributed by atoms with van der Waals surface area (Å²) in [6.45, 7) is 6.13. The Morgan fingerprint density at radius 2 is 2.00 bits per heavy atom. The molecule has 2 heterocycles. The summed E-state index contributed by atoms with van der Waals surface area (Å²) in [5.74, 6) is -3.29. The van der Waals surface area contributed by atoms with Crippen molar-refractivity contribution < 1.29 is 18.4 Å². The van der Waals surface area contributed by atoms with Crippen LogP contribution in [0.3, 0.4) is 0 Å². The van der Waals surface area contributed by atoms with Crippen molar-refractivity contribution in [3.63, 3.8) is 0 Å². The molecule has 0 aliphatic heterocycles. The van der Waals surface area contributed by atoms with Crippen molar-refractivity contribution in [1.82, 2.24) is 15.3 Å². The molecule has 1 unspecified atom stereocenters. The number of hydrogen-bond donors (Lipinski definition) is 2. The molecule has 2 N–H and O–H groups in total. The fraction of sp³-hybridized carbons (Fsp3) is 0.400. The van der Waals surface area contributed by atoms with E-state index in [0.717, 1.165) is 24.2 Å². The maximum Gasteiger partial charge on any atom is 0.254 e. The van der Waals surface area contributed by atoms with Crippen LogP contribution in [0.15, 0.2) is 35.5 Å². The van der Waals surface area contributed by atoms with Crippen molar-refractivity contribution in [2.75, 3.05) is 11.1 Å². The number of alkyl halides is 2. The Balaban J connectivity index is 2.04. The molecular weight excluding hydrogens is 398 g/mol. The molecule has 9 heteroatoms. The number of rotatable bonds is 8. The van der Waals surface area contributed by atoms with Crippen LogP contribution in [0.25, 0.3) is 0 Å². The van der Waals surface area contributed by atoms with Gasteiger partial charge in [0, 0.05) is 30.8 Å². The van der Waals surface area contributed by atoms with Crippen molar-refractivity contribution in [2.45, 2.75) is 51.1 Å². The zero-order chi connectivity index (χ0) is 21.6. The highest BCUT2D eigenvalue weighted by atomic mass is 32.2. The Bertz CT molecular complexity index is 870. The van der Waals surface area contributed by atoms with E-state index in [4.69, 9.17) is 0 Å². The van der Waals surface area contributed by atoms with Gasteiger partial charge in [0.15, 0.2) is 0 Å². The van der Waals surface area contributed by atoms with E-state index >= 15 is 0 Å². The number of amides is 2. The number of pyridine rings is 2. The van der Waals surface area contributed by atoms with Crippen molar-refractivity contribution >= 4 is 29.4 Å². The van der Waals surface area contributed by atoms with E-state index in [1.165, 1.54) is 6.07 Å². The molecule has 29 heavy (non-hydrogen) atoms. The Hall–Kier alpha value is -2.55. The lowest BCUT2D eigenvalue weighted by atomic mass is 10.1. The molecule has 0 bridgehead atoms.